The zero-order chi connectivity index (χ0) is 21.0. The van der Waals surface area contributed by atoms with Crippen LogP contribution in [0.15, 0.2) is 66.8 Å². The first kappa shape index (κ1) is 20.6. The van der Waals surface area contributed by atoms with Crippen LogP contribution in [0.3, 0.4) is 0 Å². The molecule has 0 radical (unpaired) electrons. The molecule has 2 aromatic carbocycles. The molecular formula is C19H15N3O5S2. The number of aryl methyl sites for hydroxylation is 2. The maximum Gasteiger partial charge on any atom is 0.342 e. The minimum atomic E-state index is -1.20. The lowest BCUT2D eigenvalue weighted by molar-refractivity contribution is -0.387. The van der Waals surface area contributed by atoms with Gasteiger partial charge in [-0.3, -0.25) is 10.1 Å². The monoisotopic (exact) mass is 429 g/mol. The molecule has 0 aliphatic heterocycles. The number of hydrogen-bond acceptors (Lipinski definition) is 8. The molecule has 1 heterocycles. The first-order valence-corrected chi connectivity index (χ1v) is 9.91. The first-order chi connectivity index (χ1) is 13.8. The summed E-state index contributed by atoms with van der Waals surface area (Å²) in [6.45, 7) is 3.56. The lowest BCUT2D eigenvalue weighted by Gasteiger charge is -2.05. The van der Waals surface area contributed by atoms with Gasteiger partial charge >= 0.3 is 5.97 Å². The van der Waals surface area contributed by atoms with Crippen molar-refractivity contribution in [1.82, 2.24) is 10.2 Å². The van der Waals surface area contributed by atoms with E-state index in [1.165, 1.54) is 23.9 Å². The van der Waals surface area contributed by atoms with E-state index in [1.807, 2.05) is 31.2 Å². The second-order valence-electron chi connectivity index (χ2n) is 5.90. The molecule has 0 atom stereocenters. The van der Waals surface area contributed by atoms with Crippen molar-refractivity contribution in [2.45, 2.75) is 28.9 Å². The highest BCUT2D eigenvalue weighted by atomic mass is 32.2. The number of carboxylic acid groups (broad SMARTS) is 1. The van der Waals surface area contributed by atoms with Gasteiger partial charge in [-0.05, 0) is 48.5 Å². The molecule has 0 aliphatic carbocycles. The number of nitrogens with zero attached hydrogens (tertiary/aromatic N) is 3. The van der Waals surface area contributed by atoms with Gasteiger partial charge in [-0.15, -0.1) is 10.2 Å². The Morgan fingerprint density at radius 2 is 1.90 bits per heavy atom. The summed E-state index contributed by atoms with van der Waals surface area (Å²) >= 11 is 2.05. The zero-order valence-corrected chi connectivity index (χ0v) is 17.0. The number of aliphatic carboxylic acids is 1. The molecule has 0 saturated heterocycles. The molecule has 0 amide bonds. The molecule has 0 aliphatic rings. The van der Waals surface area contributed by atoms with Gasteiger partial charge in [-0.1, -0.05) is 35.5 Å². The van der Waals surface area contributed by atoms with E-state index < -0.39 is 10.9 Å². The van der Waals surface area contributed by atoms with Crippen molar-refractivity contribution in [2.24, 2.45) is 0 Å². The number of benzene rings is 2. The van der Waals surface area contributed by atoms with Crippen LogP contribution in [-0.4, -0.2) is 26.2 Å². The van der Waals surface area contributed by atoms with Gasteiger partial charge in [0.15, 0.2) is 0 Å². The second kappa shape index (κ2) is 8.93. The van der Waals surface area contributed by atoms with Crippen molar-refractivity contribution >= 4 is 41.3 Å². The van der Waals surface area contributed by atoms with Gasteiger partial charge in [0.25, 0.3) is 10.9 Å². The van der Waals surface area contributed by atoms with Gasteiger partial charge in [0.2, 0.25) is 5.89 Å². The average molecular weight is 429 g/mol. The van der Waals surface area contributed by atoms with E-state index in [9.17, 15) is 20.0 Å². The molecule has 29 heavy (non-hydrogen) atoms. The van der Waals surface area contributed by atoms with Crippen molar-refractivity contribution in [3.8, 4) is 0 Å². The Balaban J connectivity index is 1.91. The van der Waals surface area contributed by atoms with Crippen LogP contribution in [0.1, 0.15) is 17.0 Å². The molecule has 1 aromatic heterocycles. The van der Waals surface area contributed by atoms with Crippen LogP contribution in [-0.2, 0) is 4.79 Å². The van der Waals surface area contributed by atoms with Crippen LogP contribution in [0.25, 0.3) is 6.08 Å². The third-order valence-corrected chi connectivity index (χ3v) is 5.57. The fourth-order valence-corrected chi connectivity index (χ4v) is 3.90. The standard InChI is InChI=1S/C19H15N3O5S2/c1-11-3-6-14(7-4-11)28-16-8-5-13(9-15(16)22(25)26)10-17(18(23)24)29-19-21-20-12(2)27-19/h3-10H,1-2H3,(H,23,24)/b17-10+. The van der Waals surface area contributed by atoms with Crippen LogP contribution in [0.5, 0.6) is 0 Å². The van der Waals surface area contributed by atoms with Crippen molar-refractivity contribution in [3.63, 3.8) is 0 Å². The molecule has 0 unspecified atom stereocenters. The Labute approximate surface area is 174 Å². The van der Waals surface area contributed by atoms with Gasteiger partial charge in [-0.2, -0.15) is 0 Å². The number of hydrogen-bond donors (Lipinski definition) is 1. The van der Waals surface area contributed by atoms with Crippen molar-refractivity contribution in [1.29, 1.82) is 0 Å². The van der Waals surface area contributed by atoms with Crippen molar-refractivity contribution in [3.05, 3.63) is 74.5 Å². The topological polar surface area (TPSA) is 119 Å². The number of rotatable bonds is 7. The largest absolute Gasteiger partial charge is 0.477 e. The minimum Gasteiger partial charge on any atom is -0.477 e. The van der Waals surface area contributed by atoms with Crippen LogP contribution in [0.2, 0.25) is 0 Å². The van der Waals surface area contributed by atoms with E-state index in [2.05, 4.69) is 10.2 Å². The van der Waals surface area contributed by atoms with E-state index in [1.54, 1.807) is 19.1 Å². The normalized spacial score (nSPS) is 11.4. The van der Waals surface area contributed by atoms with Gasteiger partial charge in [-0.25, -0.2) is 4.79 Å². The van der Waals surface area contributed by atoms with E-state index in [0.717, 1.165) is 22.2 Å². The highest BCUT2D eigenvalue weighted by Gasteiger charge is 2.18. The van der Waals surface area contributed by atoms with E-state index in [0.29, 0.717) is 16.3 Å². The van der Waals surface area contributed by atoms with Crippen molar-refractivity contribution in [2.75, 3.05) is 0 Å². The van der Waals surface area contributed by atoms with Crippen LogP contribution in [0.4, 0.5) is 5.69 Å². The highest BCUT2D eigenvalue weighted by molar-refractivity contribution is 8.03. The van der Waals surface area contributed by atoms with Gasteiger partial charge in [0.05, 0.1) is 9.82 Å². The molecule has 148 valence electrons. The Kier molecular flexibility index (Phi) is 6.35. The Morgan fingerprint density at radius 1 is 1.17 bits per heavy atom. The molecule has 0 bridgehead atoms. The van der Waals surface area contributed by atoms with Gasteiger partial charge in [0, 0.05) is 17.9 Å². The minimum absolute atomic E-state index is 0.0807. The quantitative estimate of drug-likeness (QED) is 0.240. The number of carbonyl (C=O) groups is 1. The maximum absolute atomic E-state index is 11.6. The number of thioether (sulfide) groups is 1. The Hall–Kier alpha value is -3.11. The van der Waals surface area contributed by atoms with Gasteiger partial charge in [0.1, 0.15) is 4.91 Å². The molecule has 3 aromatic rings. The number of nitro groups is 1. The van der Waals surface area contributed by atoms with E-state index >= 15 is 0 Å². The number of aromatic nitrogens is 2. The fraction of sp³-hybridized carbons (Fsp3) is 0.105. The summed E-state index contributed by atoms with van der Waals surface area (Å²) in [5.41, 5.74) is 1.37. The molecule has 1 N–H and O–H groups in total. The summed E-state index contributed by atoms with van der Waals surface area (Å²) in [4.78, 5) is 23.9. The lowest BCUT2D eigenvalue weighted by Crippen LogP contribution is -1.97. The van der Waals surface area contributed by atoms with E-state index in [-0.39, 0.29) is 15.8 Å². The number of carboxylic acids is 1. The van der Waals surface area contributed by atoms with Gasteiger partial charge < -0.3 is 9.52 Å². The summed E-state index contributed by atoms with van der Waals surface area (Å²) in [5, 5.41) is 28.5. The molecular weight excluding hydrogens is 414 g/mol. The van der Waals surface area contributed by atoms with Crippen molar-refractivity contribution < 1.29 is 19.2 Å². The SMILES string of the molecule is Cc1ccc(Sc2ccc(/C=C(/Sc3nnc(C)o3)C(=O)O)cc2[N+](=O)[O-])cc1. The molecule has 0 saturated carbocycles. The molecule has 3 rings (SSSR count). The average Bonchev–Trinajstić information content (AvgIpc) is 3.08. The van der Waals surface area contributed by atoms with Crippen LogP contribution in [0, 0.1) is 24.0 Å². The summed E-state index contributed by atoms with van der Waals surface area (Å²) in [5.74, 6) is -0.892. The smallest absolute Gasteiger partial charge is 0.342 e. The summed E-state index contributed by atoms with van der Waals surface area (Å²) in [6, 6.07) is 12.2. The van der Waals surface area contributed by atoms with Crippen LogP contribution < -0.4 is 0 Å². The number of nitro benzene ring substituents is 1. The summed E-state index contributed by atoms with van der Waals surface area (Å²) < 4.78 is 5.18. The van der Waals surface area contributed by atoms with E-state index in [4.69, 9.17) is 4.42 Å². The first-order valence-electron chi connectivity index (χ1n) is 8.28. The molecule has 0 spiro atoms. The van der Waals surface area contributed by atoms with Crippen LogP contribution >= 0.6 is 23.5 Å². The summed E-state index contributed by atoms with van der Waals surface area (Å²) in [7, 11) is 0. The third kappa shape index (κ3) is 5.46. The fourth-order valence-electron chi connectivity index (χ4n) is 2.29. The highest BCUT2D eigenvalue weighted by Crippen LogP contribution is 2.36. The Morgan fingerprint density at radius 3 is 2.48 bits per heavy atom. The second-order valence-corrected chi connectivity index (χ2v) is 8.01. The predicted octanol–water partition coefficient (Wildman–Crippen LogP) is 4.96. The lowest BCUT2D eigenvalue weighted by atomic mass is 10.2. The summed E-state index contributed by atoms with van der Waals surface area (Å²) in [6.07, 6.45) is 1.33. The molecule has 8 nitrogen and oxygen atoms in total. The zero-order valence-electron chi connectivity index (χ0n) is 15.4. The molecule has 0 fully saturated rings. The molecule has 10 heteroatoms. The Bertz CT molecular complexity index is 1090. The maximum atomic E-state index is 11.6. The predicted molar refractivity (Wildman–Crippen MR) is 109 cm³/mol. The third-order valence-electron chi connectivity index (χ3n) is 3.64.